The first-order valence-corrected chi connectivity index (χ1v) is 7.32. The molecule has 1 amide bonds. The molecular weight excluding hydrogens is 302 g/mol. The zero-order valence-electron chi connectivity index (χ0n) is 12.3. The van der Waals surface area contributed by atoms with Crippen molar-refractivity contribution in [3.8, 4) is 5.75 Å². The van der Waals surface area contributed by atoms with E-state index in [1.165, 1.54) is 5.56 Å². The van der Waals surface area contributed by atoms with Crippen LogP contribution in [0.3, 0.4) is 0 Å². The van der Waals surface area contributed by atoms with Crippen molar-refractivity contribution in [1.29, 1.82) is 0 Å². The summed E-state index contributed by atoms with van der Waals surface area (Å²) in [6, 6.07) is 15.1. The van der Waals surface area contributed by atoms with Gasteiger partial charge in [0, 0.05) is 6.07 Å². The minimum Gasteiger partial charge on any atom is -0.497 e. The highest BCUT2D eigenvalue weighted by atomic mass is 35.5. The van der Waals surface area contributed by atoms with Crippen LogP contribution >= 0.6 is 11.6 Å². The van der Waals surface area contributed by atoms with Gasteiger partial charge < -0.3 is 14.8 Å². The Morgan fingerprint density at radius 3 is 2.64 bits per heavy atom. The van der Waals surface area contributed by atoms with Gasteiger partial charge in [-0.2, -0.15) is 0 Å². The fourth-order valence-corrected chi connectivity index (χ4v) is 2.13. The van der Waals surface area contributed by atoms with E-state index in [0.29, 0.717) is 23.1 Å². The summed E-state index contributed by atoms with van der Waals surface area (Å²) in [6.45, 7) is 0.489. The Morgan fingerprint density at radius 2 is 1.95 bits per heavy atom. The number of benzene rings is 2. The molecule has 1 N–H and O–H groups in total. The number of carbonyl (C=O) groups excluding carboxylic acids is 1. The van der Waals surface area contributed by atoms with Crippen LogP contribution in [-0.2, 0) is 16.0 Å². The quantitative estimate of drug-likeness (QED) is 0.794. The zero-order chi connectivity index (χ0) is 15.8. The lowest BCUT2D eigenvalue weighted by Gasteiger charge is -2.09. The first kappa shape index (κ1) is 16.3. The molecule has 0 aliphatic rings. The second-order valence-electron chi connectivity index (χ2n) is 4.68. The van der Waals surface area contributed by atoms with Gasteiger partial charge in [-0.05, 0) is 24.1 Å². The van der Waals surface area contributed by atoms with E-state index in [9.17, 15) is 4.79 Å². The van der Waals surface area contributed by atoms with Crippen molar-refractivity contribution in [1.82, 2.24) is 0 Å². The molecule has 0 atom stereocenters. The van der Waals surface area contributed by atoms with E-state index in [-0.39, 0.29) is 12.5 Å². The molecule has 0 aliphatic carbocycles. The fourth-order valence-electron chi connectivity index (χ4n) is 1.91. The molecule has 4 nitrogen and oxygen atoms in total. The second kappa shape index (κ2) is 8.41. The number of anilines is 1. The average molecular weight is 320 g/mol. The number of halogens is 1. The largest absolute Gasteiger partial charge is 0.497 e. The molecule has 116 valence electrons. The molecule has 2 rings (SSSR count). The molecule has 0 heterocycles. The second-order valence-corrected chi connectivity index (χ2v) is 5.09. The summed E-state index contributed by atoms with van der Waals surface area (Å²) < 4.78 is 10.4. The van der Waals surface area contributed by atoms with Gasteiger partial charge in [0.2, 0.25) is 5.91 Å². The molecule has 0 bridgehead atoms. The number of methoxy groups -OCH3 is 1. The van der Waals surface area contributed by atoms with Gasteiger partial charge in [0.15, 0.2) is 0 Å². The minimum absolute atomic E-state index is 0.00477. The van der Waals surface area contributed by atoms with Crippen LogP contribution in [-0.4, -0.2) is 26.2 Å². The molecule has 2 aromatic rings. The number of carbonyl (C=O) groups is 1. The summed E-state index contributed by atoms with van der Waals surface area (Å²) in [5, 5.41) is 3.14. The molecule has 2 aromatic carbocycles. The van der Waals surface area contributed by atoms with Crippen molar-refractivity contribution in [2.75, 3.05) is 25.6 Å². The number of nitrogens with one attached hydrogen (secondary N) is 1. The number of amides is 1. The predicted octanol–water partition coefficient (Wildman–Crippen LogP) is 3.55. The van der Waals surface area contributed by atoms with Gasteiger partial charge in [-0.1, -0.05) is 41.9 Å². The lowest BCUT2D eigenvalue weighted by molar-refractivity contribution is -0.120. The van der Waals surface area contributed by atoms with E-state index in [2.05, 4.69) is 5.32 Å². The standard InChI is InChI=1S/C17H18ClNO3/c1-21-14-7-8-16(15(18)11-14)19-17(20)12-22-10-9-13-5-3-2-4-6-13/h2-8,11H,9-10,12H2,1H3,(H,19,20). The highest BCUT2D eigenvalue weighted by Gasteiger charge is 2.07. The molecule has 0 aromatic heterocycles. The molecule has 0 spiro atoms. The Balaban J connectivity index is 1.74. The Hall–Kier alpha value is -2.04. The maximum Gasteiger partial charge on any atom is 0.250 e. The van der Waals surface area contributed by atoms with Gasteiger partial charge in [0.25, 0.3) is 0 Å². The first-order valence-electron chi connectivity index (χ1n) is 6.94. The Labute approximate surface area is 135 Å². The van der Waals surface area contributed by atoms with Crippen LogP contribution in [0, 0.1) is 0 Å². The highest BCUT2D eigenvalue weighted by Crippen LogP contribution is 2.26. The Bertz CT molecular complexity index is 617. The van der Waals surface area contributed by atoms with E-state index in [1.54, 1.807) is 25.3 Å². The SMILES string of the molecule is COc1ccc(NC(=O)COCCc2ccccc2)c(Cl)c1. The molecule has 0 saturated heterocycles. The topological polar surface area (TPSA) is 47.6 Å². The predicted molar refractivity (Wildman–Crippen MR) is 87.6 cm³/mol. The van der Waals surface area contributed by atoms with Gasteiger partial charge in [-0.3, -0.25) is 4.79 Å². The normalized spacial score (nSPS) is 10.3. The average Bonchev–Trinajstić information content (AvgIpc) is 2.54. The van der Waals surface area contributed by atoms with Crippen LogP contribution in [0.5, 0.6) is 5.75 Å². The monoisotopic (exact) mass is 319 g/mol. The molecule has 5 heteroatoms. The van der Waals surface area contributed by atoms with E-state index in [4.69, 9.17) is 21.1 Å². The molecule has 0 aliphatic heterocycles. The third-order valence-corrected chi connectivity index (χ3v) is 3.37. The van der Waals surface area contributed by atoms with Crippen molar-refractivity contribution in [2.24, 2.45) is 0 Å². The number of hydrogen-bond acceptors (Lipinski definition) is 3. The summed E-state index contributed by atoms with van der Waals surface area (Å²) in [6.07, 6.45) is 0.775. The fraction of sp³-hybridized carbons (Fsp3) is 0.235. The summed E-state index contributed by atoms with van der Waals surface area (Å²) in [7, 11) is 1.56. The number of ether oxygens (including phenoxy) is 2. The van der Waals surface area contributed by atoms with E-state index >= 15 is 0 Å². The van der Waals surface area contributed by atoms with Crippen LogP contribution in [0.15, 0.2) is 48.5 Å². The van der Waals surface area contributed by atoms with Crippen LogP contribution < -0.4 is 10.1 Å². The summed E-state index contributed by atoms with van der Waals surface area (Å²) in [4.78, 5) is 11.8. The van der Waals surface area contributed by atoms with Crippen LogP contribution in [0.4, 0.5) is 5.69 Å². The van der Waals surface area contributed by atoms with Gasteiger partial charge in [-0.25, -0.2) is 0 Å². The van der Waals surface area contributed by atoms with Gasteiger partial charge in [-0.15, -0.1) is 0 Å². The van der Waals surface area contributed by atoms with Crippen LogP contribution in [0.2, 0.25) is 5.02 Å². The van der Waals surface area contributed by atoms with Gasteiger partial charge in [0.1, 0.15) is 12.4 Å². The van der Waals surface area contributed by atoms with E-state index in [1.807, 2.05) is 30.3 Å². The molecule has 22 heavy (non-hydrogen) atoms. The van der Waals surface area contributed by atoms with Crippen molar-refractivity contribution in [3.63, 3.8) is 0 Å². The van der Waals surface area contributed by atoms with Gasteiger partial charge >= 0.3 is 0 Å². The smallest absolute Gasteiger partial charge is 0.250 e. The summed E-state index contributed by atoms with van der Waals surface area (Å²) in [5.74, 6) is 0.405. The highest BCUT2D eigenvalue weighted by molar-refractivity contribution is 6.33. The summed E-state index contributed by atoms with van der Waals surface area (Å²) >= 11 is 6.06. The van der Waals surface area contributed by atoms with Crippen molar-refractivity contribution >= 4 is 23.2 Å². The lowest BCUT2D eigenvalue weighted by atomic mass is 10.2. The summed E-state index contributed by atoms with van der Waals surface area (Å²) in [5.41, 5.74) is 1.72. The Morgan fingerprint density at radius 1 is 1.18 bits per heavy atom. The van der Waals surface area contributed by atoms with Crippen molar-refractivity contribution in [3.05, 3.63) is 59.1 Å². The van der Waals surface area contributed by atoms with Gasteiger partial charge in [0.05, 0.1) is 24.4 Å². The third kappa shape index (κ3) is 5.06. The zero-order valence-corrected chi connectivity index (χ0v) is 13.1. The maximum atomic E-state index is 11.8. The first-order chi connectivity index (χ1) is 10.7. The molecule has 0 fully saturated rings. The Kier molecular flexibility index (Phi) is 6.25. The van der Waals surface area contributed by atoms with E-state index < -0.39 is 0 Å². The lowest BCUT2D eigenvalue weighted by Crippen LogP contribution is -2.19. The minimum atomic E-state index is -0.236. The molecule has 0 saturated carbocycles. The van der Waals surface area contributed by atoms with Crippen LogP contribution in [0.25, 0.3) is 0 Å². The van der Waals surface area contributed by atoms with Crippen molar-refractivity contribution in [2.45, 2.75) is 6.42 Å². The van der Waals surface area contributed by atoms with E-state index in [0.717, 1.165) is 6.42 Å². The molecule has 0 unspecified atom stereocenters. The molecule has 0 radical (unpaired) electrons. The number of rotatable bonds is 7. The number of hydrogen-bond donors (Lipinski definition) is 1. The maximum absolute atomic E-state index is 11.8. The molecular formula is C17H18ClNO3. The third-order valence-electron chi connectivity index (χ3n) is 3.06. The van der Waals surface area contributed by atoms with Crippen molar-refractivity contribution < 1.29 is 14.3 Å². The van der Waals surface area contributed by atoms with Crippen LogP contribution in [0.1, 0.15) is 5.56 Å².